The van der Waals surface area contributed by atoms with Crippen molar-refractivity contribution in [2.24, 2.45) is 5.73 Å². The highest BCUT2D eigenvalue weighted by Gasteiger charge is 2.28. The van der Waals surface area contributed by atoms with Crippen molar-refractivity contribution in [3.8, 4) is 28.0 Å². The number of nitrogens with one attached hydrogen (secondary N) is 1. The Morgan fingerprint density at radius 2 is 1.33 bits per heavy atom. The number of aromatic hydroxyl groups is 1. The van der Waals surface area contributed by atoms with Crippen LogP contribution >= 0.6 is 11.3 Å². The van der Waals surface area contributed by atoms with Gasteiger partial charge in [0.2, 0.25) is 0 Å². The van der Waals surface area contributed by atoms with Gasteiger partial charge in [-0.05, 0) is 53.6 Å². The highest BCUT2D eigenvalue weighted by atomic mass is 32.1. The van der Waals surface area contributed by atoms with Gasteiger partial charge in [0.1, 0.15) is 16.9 Å². The molecule has 0 bridgehead atoms. The average Bonchev–Trinajstić information content (AvgIpc) is 3.77. The highest BCUT2D eigenvalue weighted by molar-refractivity contribution is 7.26. The van der Waals surface area contributed by atoms with E-state index in [1.807, 2.05) is 54.6 Å². The lowest BCUT2D eigenvalue weighted by Crippen LogP contribution is -2.41. The number of phenolic OH excluding ortho intramolecular Hbond substituents is 1. The molecule has 9 rings (SSSR count). The van der Waals surface area contributed by atoms with E-state index in [9.17, 15) is 5.11 Å². The topological polar surface area (TPSA) is 74.7 Å². The van der Waals surface area contributed by atoms with Crippen LogP contribution < -0.4 is 11.1 Å². The minimum atomic E-state index is -0.400. The second-order valence-corrected chi connectivity index (χ2v) is 14.4. The molecule has 254 valence electrons. The van der Waals surface area contributed by atoms with Gasteiger partial charge in [0.05, 0.1) is 12.3 Å². The summed E-state index contributed by atoms with van der Waals surface area (Å²) in [6.07, 6.45) is -0.672. The van der Waals surface area contributed by atoms with Crippen LogP contribution in [0, 0.1) is 0 Å². The molecule has 6 heteroatoms. The fraction of sp³-hybridized carbons (Fsp3) is 0.0870. The van der Waals surface area contributed by atoms with Crippen LogP contribution in [-0.4, -0.2) is 17.1 Å². The normalized spacial score (nSPS) is 13.1. The number of nitrogens with zero attached hydrogens (tertiary/aromatic N) is 1. The van der Waals surface area contributed by atoms with Crippen molar-refractivity contribution in [2.75, 3.05) is 7.05 Å². The van der Waals surface area contributed by atoms with Gasteiger partial charge in [-0.15, -0.1) is 11.3 Å². The van der Waals surface area contributed by atoms with E-state index in [1.54, 1.807) is 11.3 Å². The van der Waals surface area contributed by atoms with Crippen molar-refractivity contribution in [3.63, 3.8) is 0 Å². The number of para-hydroxylation sites is 1. The van der Waals surface area contributed by atoms with E-state index in [-0.39, 0.29) is 11.9 Å². The van der Waals surface area contributed by atoms with E-state index in [0.29, 0.717) is 6.54 Å². The Labute approximate surface area is 306 Å². The molecule has 0 aliphatic heterocycles. The third kappa shape index (κ3) is 5.72. The minimum Gasteiger partial charge on any atom is -0.507 e. The Hall–Kier alpha value is -5.76. The number of furan rings is 1. The van der Waals surface area contributed by atoms with E-state index >= 15 is 0 Å². The van der Waals surface area contributed by atoms with Crippen molar-refractivity contribution in [3.05, 3.63) is 174 Å². The fourth-order valence-corrected chi connectivity index (χ4v) is 8.70. The molecule has 0 saturated carbocycles. The molecule has 9 aromatic rings. The summed E-state index contributed by atoms with van der Waals surface area (Å²) in [5, 5.41) is 19.4. The summed E-state index contributed by atoms with van der Waals surface area (Å²) >= 11 is 1.80. The van der Waals surface area contributed by atoms with Crippen LogP contribution in [0.15, 0.2) is 162 Å². The Kier molecular flexibility index (Phi) is 8.30. The van der Waals surface area contributed by atoms with Gasteiger partial charge in [0.25, 0.3) is 0 Å². The monoisotopic (exact) mass is 695 g/mol. The highest BCUT2D eigenvalue weighted by Crippen LogP contribution is 2.41. The van der Waals surface area contributed by atoms with E-state index in [2.05, 4.69) is 120 Å². The first-order valence-electron chi connectivity index (χ1n) is 17.5. The molecule has 7 aromatic carbocycles. The van der Waals surface area contributed by atoms with Crippen LogP contribution in [0.1, 0.15) is 29.0 Å². The largest absolute Gasteiger partial charge is 0.507 e. The molecule has 0 saturated heterocycles. The predicted octanol–water partition coefficient (Wildman–Crippen LogP) is 11.4. The van der Waals surface area contributed by atoms with Gasteiger partial charge in [-0.2, -0.15) is 0 Å². The maximum Gasteiger partial charge on any atom is 0.141 e. The number of benzene rings is 7. The lowest BCUT2D eigenvalue weighted by molar-refractivity contribution is 0.147. The van der Waals surface area contributed by atoms with Crippen molar-refractivity contribution < 1.29 is 9.52 Å². The number of hydrogen-bond acceptors (Lipinski definition) is 6. The first-order chi connectivity index (χ1) is 25.5. The summed E-state index contributed by atoms with van der Waals surface area (Å²) < 4.78 is 9.17. The van der Waals surface area contributed by atoms with E-state index < -0.39 is 6.17 Å². The predicted molar refractivity (Wildman–Crippen MR) is 216 cm³/mol. The molecular formula is C46H37N3O2S. The Bertz CT molecular complexity index is 2700. The summed E-state index contributed by atoms with van der Waals surface area (Å²) in [6.45, 7) is 0.652. The Morgan fingerprint density at radius 1 is 0.654 bits per heavy atom. The zero-order chi connectivity index (χ0) is 35.2. The van der Waals surface area contributed by atoms with Crippen LogP contribution in [0.5, 0.6) is 5.75 Å². The van der Waals surface area contributed by atoms with Gasteiger partial charge in [0.15, 0.2) is 0 Å². The Morgan fingerprint density at radius 3 is 2.13 bits per heavy atom. The summed E-state index contributed by atoms with van der Waals surface area (Å²) in [6, 6.07) is 53.9. The molecule has 0 amide bonds. The second-order valence-electron chi connectivity index (χ2n) is 13.3. The summed E-state index contributed by atoms with van der Waals surface area (Å²) in [5.41, 5.74) is 15.9. The molecule has 4 N–H and O–H groups in total. The molecular weight excluding hydrogens is 659 g/mol. The fourth-order valence-electron chi connectivity index (χ4n) is 7.45. The number of nitrogens with two attached hydrogens (primary N) is 1. The number of hydrogen-bond donors (Lipinski definition) is 3. The van der Waals surface area contributed by atoms with Crippen molar-refractivity contribution in [1.82, 2.24) is 10.2 Å². The molecule has 2 unspecified atom stereocenters. The van der Waals surface area contributed by atoms with Gasteiger partial charge < -0.3 is 15.3 Å². The molecule has 5 nitrogen and oxygen atoms in total. The number of rotatable bonds is 9. The molecule has 2 heterocycles. The number of thiophene rings is 1. The van der Waals surface area contributed by atoms with Gasteiger partial charge in [0, 0.05) is 54.2 Å². The maximum atomic E-state index is 11.0. The maximum absolute atomic E-state index is 11.0. The molecule has 0 fully saturated rings. The van der Waals surface area contributed by atoms with E-state index in [0.717, 1.165) is 55.3 Å². The smallest absolute Gasteiger partial charge is 0.141 e. The van der Waals surface area contributed by atoms with E-state index in [4.69, 9.17) is 10.2 Å². The standard InChI is InChI=1S/C46H37N3O2S/c1-49(45(47)38-20-11-18-36-34-16-8-9-21-42(34)52-44(36)38)46(48-28-29-12-4-2-5-13-29)37-19-10-17-35-39-26-31(23-25-41(39)51-43(35)37)32-22-24-33(40(50)27-32)30-14-6-3-7-15-30/h2-27,45-46,48,50H,28,47H2,1H3. The van der Waals surface area contributed by atoms with Crippen molar-refractivity contribution in [1.29, 1.82) is 0 Å². The molecule has 0 radical (unpaired) electrons. The minimum absolute atomic E-state index is 0.251. The average molecular weight is 696 g/mol. The van der Waals surface area contributed by atoms with Gasteiger partial charge in [-0.3, -0.25) is 10.2 Å². The zero-order valence-corrected chi connectivity index (χ0v) is 29.5. The number of phenols is 1. The molecule has 0 aliphatic carbocycles. The second kappa shape index (κ2) is 13.4. The molecule has 2 aromatic heterocycles. The first kappa shape index (κ1) is 32.2. The molecule has 2 atom stereocenters. The Balaban J connectivity index is 1.12. The SMILES string of the molecule is CN(C(N)c1cccc2c1sc1ccccc12)C(NCc1ccccc1)c1cccc2c1oc1ccc(-c3ccc(-c4ccccc4)c(O)c3)cc12. The van der Waals surface area contributed by atoms with Crippen LogP contribution in [-0.2, 0) is 6.54 Å². The van der Waals surface area contributed by atoms with Crippen LogP contribution in [0.25, 0.3) is 64.4 Å². The lowest BCUT2D eigenvalue weighted by atomic mass is 9.98. The summed E-state index contributed by atoms with van der Waals surface area (Å²) in [4.78, 5) is 2.21. The number of fused-ring (bicyclic) bond motifs is 6. The molecule has 0 spiro atoms. The van der Waals surface area contributed by atoms with Crippen LogP contribution in [0.4, 0.5) is 0 Å². The van der Waals surface area contributed by atoms with Gasteiger partial charge >= 0.3 is 0 Å². The lowest BCUT2D eigenvalue weighted by Gasteiger charge is -2.34. The van der Waals surface area contributed by atoms with Crippen LogP contribution in [0.3, 0.4) is 0 Å². The van der Waals surface area contributed by atoms with E-state index in [1.165, 1.54) is 25.7 Å². The third-order valence-electron chi connectivity index (χ3n) is 10.2. The quantitative estimate of drug-likeness (QED) is 0.131. The van der Waals surface area contributed by atoms with Crippen molar-refractivity contribution in [2.45, 2.75) is 18.9 Å². The van der Waals surface area contributed by atoms with Gasteiger partial charge in [-0.1, -0.05) is 133 Å². The molecule has 52 heavy (non-hydrogen) atoms. The summed E-state index contributed by atoms with van der Waals surface area (Å²) in [5.74, 6) is 0.251. The van der Waals surface area contributed by atoms with Crippen LogP contribution in [0.2, 0.25) is 0 Å². The van der Waals surface area contributed by atoms with Crippen molar-refractivity contribution >= 4 is 53.4 Å². The first-order valence-corrected chi connectivity index (χ1v) is 18.3. The zero-order valence-electron chi connectivity index (χ0n) is 28.7. The third-order valence-corrected chi connectivity index (χ3v) is 11.4. The summed E-state index contributed by atoms with van der Waals surface area (Å²) in [7, 11) is 2.09. The molecule has 0 aliphatic rings. The van der Waals surface area contributed by atoms with Gasteiger partial charge in [-0.25, -0.2) is 0 Å².